The van der Waals surface area contributed by atoms with Gasteiger partial charge in [0, 0.05) is 65.2 Å². The number of halogens is 2. The highest BCUT2D eigenvalue weighted by Crippen LogP contribution is 1.89. The fourth-order valence-electron chi connectivity index (χ4n) is 0.517. The minimum absolute atomic E-state index is 0.0434. The van der Waals surface area contributed by atoms with Crippen molar-refractivity contribution in [3.05, 3.63) is 0 Å². The van der Waals surface area contributed by atoms with Crippen LogP contribution >= 0.6 is 37.2 Å². The maximum atomic E-state index is 10.7. The van der Waals surface area contributed by atoms with E-state index >= 15 is 0 Å². The standard InChI is InChI=1S/C7H14N2O2.I2/c1-6(10)8(3)5-9(4)7(2)11;1-2/h5H2,1-4H3;. The van der Waals surface area contributed by atoms with Gasteiger partial charge in [0.15, 0.2) is 0 Å². The highest BCUT2D eigenvalue weighted by atomic mass is 128. The second-order valence-electron chi connectivity index (χ2n) is 2.58. The summed E-state index contributed by atoms with van der Waals surface area (Å²) in [5, 5.41) is 0. The Labute approximate surface area is 102 Å². The molecule has 6 heteroatoms. The summed E-state index contributed by atoms with van der Waals surface area (Å²) in [5.41, 5.74) is 0. The van der Waals surface area contributed by atoms with Gasteiger partial charge in [0.25, 0.3) is 0 Å². The Bertz CT molecular complexity index is 158. The number of nitrogens with zero attached hydrogens (tertiary/aromatic N) is 2. The van der Waals surface area contributed by atoms with E-state index < -0.39 is 0 Å². The quantitative estimate of drug-likeness (QED) is 0.512. The van der Waals surface area contributed by atoms with Crippen molar-refractivity contribution in [3.8, 4) is 0 Å². The van der Waals surface area contributed by atoms with Crippen LogP contribution in [0.15, 0.2) is 0 Å². The molecule has 0 saturated heterocycles. The van der Waals surface area contributed by atoms with Gasteiger partial charge in [-0.1, -0.05) is 0 Å². The molecule has 0 radical (unpaired) electrons. The van der Waals surface area contributed by atoms with Gasteiger partial charge in [-0.25, -0.2) is 0 Å². The lowest BCUT2D eigenvalue weighted by Gasteiger charge is -2.22. The molecule has 0 fully saturated rings. The van der Waals surface area contributed by atoms with Crippen LogP contribution in [0.2, 0.25) is 0 Å². The Morgan fingerprint density at radius 1 is 1.00 bits per heavy atom. The Balaban J connectivity index is 0. The minimum atomic E-state index is -0.0434. The molecule has 0 aliphatic heterocycles. The Morgan fingerprint density at radius 3 is 1.38 bits per heavy atom. The molecule has 0 heterocycles. The van der Waals surface area contributed by atoms with Crippen molar-refractivity contribution >= 4 is 49.0 Å². The number of rotatable bonds is 2. The van der Waals surface area contributed by atoms with Crippen molar-refractivity contribution in [1.29, 1.82) is 0 Å². The first-order valence-corrected chi connectivity index (χ1v) is 9.81. The predicted molar refractivity (Wildman–Crippen MR) is 69.8 cm³/mol. The molecule has 0 spiro atoms. The van der Waals surface area contributed by atoms with Gasteiger partial charge in [0.1, 0.15) is 0 Å². The highest BCUT2D eigenvalue weighted by Gasteiger charge is 2.07. The molecule has 0 aliphatic carbocycles. The van der Waals surface area contributed by atoms with Crippen LogP contribution in [-0.2, 0) is 9.59 Å². The van der Waals surface area contributed by atoms with Crippen molar-refractivity contribution in [2.24, 2.45) is 0 Å². The lowest BCUT2D eigenvalue weighted by molar-refractivity contribution is -0.134. The summed E-state index contributed by atoms with van der Waals surface area (Å²) in [4.78, 5) is 24.3. The molecule has 0 aromatic rings. The molecular formula is C7H14I2N2O2. The van der Waals surface area contributed by atoms with Crippen molar-refractivity contribution in [2.45, 2.75) is 13.8 Å². The lowest BCUT2D eigenvalue weighted by Crippen LogP contribution is -2.38. The van der Waals surface area contributed by atoms with Gasteiger partial charge in [0.05, 0.1) is 6.67 Å². The minimum Gasteiger partial charge on any atom is -0.328 e. The molecule has 0 saturated carbocycles. The molecular weight excluding hydrogens is 398 g/mol. The maximum absolute atomic E-state index is 10.7. The van der Waals surface area contributed by atoms with Gasteiger partial charge in [-0.3, -0.25) is 9.59 Å². The molecule has 0 N–H and O–H groups in total. The molecule has 2 amide bonds. The Kier molecular flexibility index (Phi) is 10.9. The topological polar surface area (TPSA) is 40.6 Å². The second-order valence-corrected chi connectivity index (χ2v) is 2.58. The van der Waals surface area contributed by atoms with Crippen LogP contribution in [0.4, 0.5) is 0 Å². The third-order valence-electron chi connectivity index (χ3n) is 1.50. The van der Waals surface area contributed by atoms with E-state index in [2.05, 4.69) is 37.2 Å². The molecule has 0 aromatic heterocycles. The zero-order valence-electron chi connectivity index (χ0n) is 8.17. The first-order valence-electron chi connectivity index (χ1n) is 3.53. The van der Waals surface area contributed by atoms with Crippen LogP contribution in [-0.4, -0.2) is 42.4 Å². The molecule has 0 atom stereocenters. The van der Waals surface area contributed by atoms with Gasteiger partial charge in [0.2, 0.25) is 11.8 Å². The van der Waals surface area contributed by atoms with Crippen LogP contribution in [0.3, 0.4) is 0 Å². The summed E-state index contributed by atoms with van der Waals surface area (Å²) in [6.07, 6.45) is 0. The third-order valence-corrected chi connectivity index (χ3v) is 1.50. The van der Waals surface area contributed by atoms with E-state index in [1.807, 2.05) is 0 Å². The molecule has 0 aromatic carbocycles. The highest BCUT2D eigenvalue weighted by molar-refractivity contribution is 15.0. The molecule has 0 rings (SSSR count). The van der Waals surface area contributed by atoms with E-state index in [1.165, 1.54) is 23.6 Å². The fraction of sp³-hybridized carbons (Fsp3) is 0.714. The smallest absolute Gasteiger partial charge is 0.220 e. The predicted octanol–water partition coefficient (Wildman–Crippen LogP) is 1.67. The van der Waals surface area contributed by atoms with E-state index in [1.54, 1.807) is 14.1 Å². The van der Waals surface area contributed by atoms with Gasteiger partial charge >= 0.3 is 0 Å². The largest absolute Gasteiger partial charge is 0.328 e. The van der Waals surface area contributed by atoms with Gasteiger partial charge < -0.3 is 9.80 Å². The van der Waals surface area contributed by atoms with E-state index in [9.17, 15) is 9.59 Å². The lowest BCUT2D eigenvalue weighted by atomic mass is 10.5. The van der Waals surface area contributed by atoms with E-state index in [0.29, 0.717) is 6.67 Å². The number of hydrogen-bond donors (Lipinski definition) is 0. The molecule has 13 heavy (non-hydrogen) atoms. The maximum Gasteiger partial charge on any atom is 0.220 e. The zero-order chi connectivity index (χ0) is 11.0. The van der Waals surface area contributed by atoms with Crippen molar-refractivity contribution in [3.63, 3.8) is 0 Å². The van der Waals surface area contributed by atoms with Crippen molar-refractivity contribution < 1.29 is 9.59 Å². The van der Waals surface area contributed by atoms with Crippen LogP contribution in [0, 0.1) is 0 Å². The van der Waals surface area contributed by atoms with Gasteiger partial charge in [-0.15, -0.1) is 0 Å². The average Bonchev–Trinajstić information content (AvgIpc) is 2.07. The molecule has 78 valence electrons. The number of amides is 2. The van der Waals surface area contributed by atoms with Crippen LogP contribution < -0.4 is 0 Å². The third kappa shape index (κ3) is 8.72. The molecule has 0 unspecified atom stereocenters. The van der Waals surface area contributed by atoms with E-state index in [4.69, 9.17) is 0 Å². The van der Waals surface area contributed by atoms with Crippen molar-refractivity contribution in [2.75, 3.05) is 20.8 Å². The summed E-state index contributed by atoms with van der Waals surface area (Å²) in [6.45, 7) is 3.28. The fourth-order valence-corrected chi connectivity index (χ4v) is 0.517. The summed E-state index contributed by atoms with van der Waals surface area (Å²) >= 11 is 4.24. The van der Waals surface area contributed by atoms with Crippen molar-refractivity contribution in [1.82, 2.24) is 9.80 Å². The average molecular weight is 412 g/mol. The first kappa shape index (κ1) is 15.9. The summed E-state index contributed by atoms with van der Waals surface area (Å²) in [7, 11) is 3.31. The number of carbonyl (C=O) groups is 2. The first-order chi connectivity index (χ1) is 5.95. The van der Waals surface area contributed by atoms with Crippen LogP contribution in [0.1, 0.15) is 13.8 Å². The Morgan fingerprint density at radius 2 is 1.23 bits per heavy atom. The molecule has 0 bridgehead atoms. The van der Waals surface area contributed by atoms with Crippen LogP contribution in [0.25, 0.3) is 0 Å². The summed E-state index contributed by atoms with van der Waals surface area (Å²) in [5.74, 6) is -0.0869. The van der Waals surface area contributed by atoms with Gasteiger partial charge in [-0.05, 0) is 0 Å². The Hall–Kier alpha value is 0.400. The van der Waals surface area contributed by atoms with E-state index in [-0.39, 0.29) is 11.8 Å². The molecule has 4 nitrogen and oxygen atoms in total. The normalized spacial score (nSPS) is 8.15. The zero-order valence-corrected chi connectivity index (χ0v) is 12.5. The molecule has 0 aliphatic rings. The summed E-state index contributed by atoms with van der Waals surface area (Å²) < 4.78 is 0. The van der Waals surface area contributed by atoms with Crippen LogP contribution in [0.5, 0.6) is 0 Å². The van der Waals surface area contributed by atoms with Gasteiger partial charge in [-0.2, -0.15) is 0 Å². The summed E-state index contributed by atoms with van der Waals surface area (Å²) in [6, 6.07) is 0. The SMILES string of the molecule is CC(=O)N(C)CN(C)C(C)=O.II. The second kappa shape index (κ2) is 8.97. The number of carbonyl (C=O) groups excluding carboxylic acids is 2. The monoisotopic (exact) mass is 412 g/mol. The number of hydrogen-bond acceptors (Lipinski definition) is 2. The van der Waals surface area contributed by atoms with E-state index in [0.717, 1.165) is 0 Å².